The van der Waals surface area contributed by atoms with E-state index < -0.39 is 11.2 Å². The average molecular weight is 581 g/mol. The molecule has 0 saturated carbocycles. The van der Waals surface area contributed by atoms with Gasteiger partial charge in [-0.15, -0.1) is 0 Å². The van der Waals surface area contributed by atoms with E-state index in [1.807, 2.05) is 18.2 Å². The number of nitrogens with zero attached hydrogens (tertiary/aromatic N) is 4. The maximum atomic E-state index is 15.0. The van der Waals surface area contributed by atoms with Crippen molar-refractivity contribution >= 4 is 36.7 Å². The monoisotopic (exact) mass is 580 g/mol. The van der Waals surface area contributed by atoms with Crippen molar-refractivity contribution in [3.8, 4) is 22.5 Å². The van der Waals surface area contributed by atoms with Crippen molar-refractivity contribution in [3.05, 3.63) is 82.5 Å². The zero-order valence-corrected chi connectivity index (χ0v) is 23.4. The number of benzene rings is 2. The number of ketones is 2. The van der Waals surface area contributed by atoms with Gasteiger partial charge in [0.25, 0.3) is 0 Å². The molecule has 2 aromatic heterocycles. The van der Waals surface area contributed by atoms with Gasteiger partial charge in [0.15, 0.2) is 5.78 Å². The molecule has 1 fully saturated rings. The predicted octanol–water partition coefficient (Wildman–Crippen LogP) is 5.69. The molecular formula is C29H26ClFN4O4S. The molecule has 2 aromatic carbocycles. The lowest BCUT2D eigenvalue weighted by atomic mass is 9.73. The highest BCUT2D eigenvalue weighted by molar-refractivity contribution is 7.59. The van der Waals surface area contributed by atoms with E-state index in [1.165, 1.54) is 24.8 Å². The number of aromatic nitrogens is 4. The van der Waals surface area contributed by atoms with Crippen molar-refractivity contribution in [1.29, 1.82) is 0 Å². The van der Waals surface area contributed by atoms with E-state index in [-0.39, 0.29) is 67.0 Å². The van der Waals surface area contributed by atoms with Crippen LogP contribution in [0.2, 0.25) is 5.02 Å². The Morgan fingerprint density at radius 3 is 2.60 bits per heavy atom. The molecule has 206 valence electrons. The van der Waals surface area contributed by atoms with Crippen LogP contribution in [-0.4, -0.2) is 44.9 Å². The van der Waals surface area contributed by atoms with Gasteiger partial charge in [0.2, 0.25) is 11.7 Å². The molecule has 1 aliphatic heterocycles. The smallest absolute Gasteiger partial charge is 0.223 e. The Bertz CT molecular complexity index is 1590. The summed E-state index contributed by atoms with van der Waals surface area (Å²) in [5, 5.41) is 4.17. The number of ether oxygens (including phenoxy) is 1. The van der Waals surface area contributed by atoms with E-state index >= 15 is 4.39 Å². The van der Waals surface area contributed by atoms with Gasteiger partial charge in [-0.25, -0.2) is 14.4 Å². The van der Waals surface area contributed by atoms with Crippen LogP contribution in [0.4, 0.5) is 4.39 Å². The Balaban J connectivity index is 0.00000323. The van der Waals surface area contributed by atoms with Gasteiger partial charge >= 0.3 is 0 Å². The van der Waals surface area contributed by atoms with E-state index in [1.54, 1.807) is 13.0 Å². The molecule has 8 nitrogen and oxygen atoms in total. The van der Waals surface area contributed by atoms with Gasteiger partial charge < -0.3 is 9.26 Å². The van der Waals surface area contributed by atoms with E-state index in [4.69, 9.17) is 20.9 Å². The molecule has 0 bridgehead atoms. The second-order valence-corrected chi connectivity index (χ2v) is 10.7. The largest absolute Gasteiger partial charge is 0.379 e. The minimum atomic E-state index is -0.814. The van der Waals surface area contributed by atoms with Gasteiger partial charge in [-0.1, -0.05) is 35.0 Å². The van der Waals surface area contributed by atoms with E-state index in [0.717, 1.165) is 29.5 Å². The molecule has 2 aliphatic rings. The Labute approximate surface area is 241 Å². The molecular weight excluding hydrogens is 555 g/mol. The molecule has 1 atom stereocenters. The van der Waals surface area contributed by atoms with Gasteiger partial charge in [-0.2, -0.15) is 18.5 Å². The average Bonchev–Trinajstić information content (AvgIpc) is 3.51. The highest BCUT2D eigenvalue weighted by atomic mass is 35.5. The van der Waals surface area contributed by atoms with E-state index in [9.17, 15) is 9.59 Å². The number of aryl methyl sites for hydroxylation is 2. The van der Waals surface area contributed by atoms with Crippen molar-refractivity contribution in [2.45, 2.75) is 38.5 Å². The highest BCUT2D eigenvalue weighted by Gasteiger charge is 2.47. The molecule has 0 unspecified atom stereocenters. The molecule has 1 aliphatic carbocycles. The summed E-state index contributed by atoms with van der Waals surface area (Å²) in [5.41, 5.74) is 3.33. The third-order valence-electron chi connectivity index (χ3n) is 7.62. The van der Waals surface area contributed by atoms with Crippen LogP contribution in [0.25, 0.3) is 22.5 Å². The van der Waals surface area contributed by atoms with Crippen molar-refractivity contribution in [1.82, 2.24) is 20.1 Å². The Kier molecular flexibility index (Phi) is 7.85. The third kappa shape index (κ3) is 5.18. The fourth-order valence-corrected chi connectivity index (χ4v) is 5.72. The second kappa shape index (κ2) is 11.2. The van der Waals surface area contributed by atoms with E-state index in [2.05, 4.69) is 20.1 Å². The van der Waals surface area contributed by atoms with Gasteiger partial charge in [0.05, 0.1) is 29.8 Å². The fraction of sp³-hybridized carbons (Fsp3) is 0.310. The van der Waals surface area contributed by atoms with Crippen LogP contribution in [0.15, 0.2) is 53.6 Å². The summed E-state index contributed by atoms with van der Waals surface area (Å²) in [6, 6.07) is 8.85. The second-order valence-electron chi connectivity index (χ2n) is 10.2. The first-order valence-electron chi connectivity index (χ1n) is 12.7. The quantitative estimate of drug-likeness (QED) is 0.245. The SMILES string of the molecule is Cc1nc(-c2c(F)cc(Cl)cc2-c2ccc3c(c2)CC[C@@H]3CC(=O)C2(CC(=O)c3cncnc3)COC2)no1.S. The first-order chi connectivity index (χ1) is 18.8. The number of rotatable bonds is 8. The summed E-state index contributed by atoms with van der Waals surface area (Å²) in [7, 11) is 0. The fourth-order valence-electron chi connectivity index (χ4n) is 5.52. The zero-order chi connectivity index (χ0) is 27.1. The van der Waals surface area contributed by atoms with Gasteiger partial charge in [-0.3, -0.25) is 9.59 Å². The molecule has 3 heterocycles. The van der Waals surface area contributed by atoms with Crippen molar-refractivity contribution < 1.29 is 23.2 Å². The summed E-state index contributed by atoms with van der Waals surface area (Å²) in [5.74, 6) is -0.139. The number of Topliss-reactive ketones (excluding diaryl/α,β-unsaturated/α-hetero) is 2. The number of fused-ring (bicyclic) bond motifs is 1. The number of carbonyl (C=O) groups excluding carboxylic acids is 2. The lowest BCUT2D eigenvalue weighted by Gasteiger charge is -2.40. The Morgan fingerprint density at radius 2 is 1.93 bits per heavy atom. The van der Waals surface area contributed by atoms with Crippen molar-refractivity contribution in [2.75, 3.05) is 13.2 Å². The van der Waals surface area contributed by atoms with Crippen LogP contribution in [0.5, 0.6) is 0 Å². The number of halogens is 2. The predicted molar refractivity (Wildman–Crippen MR) is 150 cm³/mol. The molecule has 0 spiro atoms. The van der Waals surface area contributed by atoms with E-state index in [0.29, 0.717) is 23.4 Å². The van der Waals surface area contributed by atoms with Crippen LogP contribution >= 0.6 is 25.1 Å². The van der Waals surface area contributed by atoms with Crippen LogP contribution in [0, 0.1) is 18.2 Å². The van der Waals surface area contributed by atoms with Crippen molar-refractivity contribution in [3.63, 3.8) is 0 Å². The maximum absolute atomic E-state index is 15.0. The molecule has 0 radical (unpaired) electrons. The van der Waals surface area contributed by atoms with Crippen LogP contribution in [0.3, 0.4) is 0 Å². The summed E-state index contributed by atoms with van der Waals surface area (Å²) in [6.45, 7) is 2.12. The molecule has 1 saturated heterocycles. The Morgan fingerprint density at radius 1 is 1.15 bits per heavy atom. The lowest BCUT2D eigenvalue weighted by molar-refractivity contribution is -0.159. The molecule has 4 aromatic rings. The summed E-state index contributed by atoms with van der Waals surface area (Å²) < 4.78 is 25.5. The number of hydrogen-bond acceptors (Lipinski definition) is 8. The highest BCUT2D eigenvalue weighted by Crippen LogP contribution is 2.43. The van der Waals surface area contributed by atoms with Gasteiger partial charge in [0.1, 0.15) is 17.9 Å². The van der Waals surface area contributed by atoms with Crippen molar-refractivity contribution in [2.24, 2.45) is 5.41 Å². The summed E-state index contributed by atoms with van der Waals surface area (Å²) >= 11 is 6.22. The van der Waals surface area contributed by atoms with Crippen LogP contribution < -0.4 is 0 Å². The minimum Gasteiger partial charge on any atom is -0.379 e. The first-order valence-corrected chi connectivity index (χ1v) is 13.0. The molecule has 0 amide bonds. The standard InChI is InChI=1S/C29H24ClFN4O4.H2S/c1-16-34-28(35-39-16)27-23(8-21(30)9-24(27)31)18-4-5-22-17(6-18)2-3-19(22)7-26(37)29(13-38-14-29)10-25(36)20-11-32-15-33-12-20;/h4-6,8-9,11-12,15,19H,2-3,7,10,13-14H2,1H3;1H2/t19-;/m1./s1. The molecule has 40 heavy (non-hydrogen) atoms. The van der Waals surface area contributed by atoms with Gasteiger partial charge in [0, 0.05) is 37.2 Å². The summed E-state index contributed by atoms with van der Waals surface area (Å²) in [4.78, 5) is 38.3. The minimum absolute atomic E-state index is 0. The Hall–Kier alpha value is -3.47. The van der Waals surface area contributed by atoms with Crippen LogP contribution in [0.1, 0.15) is 52.6 Å². The third-order valence-corrected chi connectivity index (χ3v) is 7.84. The molecule has 0 N–H and O–H groups in total. The topological polar surface area (TPSA) is 108 Å². The number of hydrogen-bond donors (Lipinski definition) is 0. The first kappa shape index (κ1) is 28.1. The molecule has 11 heteroatoms. The van der Waals surface area contributed by atoms with Crippen LogP contribution in [-0.2, 0) is 16.0 Å². The number of carbonyl (C=O) groups is 2. The normalized spacial score (nSPS) is 17.0. The maximum Gasteiger partial charge on any atom is 0.223 e. The zero-order valence-electron chi connectivity index (χ0n) is 21.6. The lowest BCUT2D eigenvalue weighted by Crippen LogP contribution is -2.50. The molecule has 6 rings (SSSR count). The summed E-state index contributed by atoms with van der Waals surface area (Å²) in [6.07, 6.45) is 6.30. The van der Waals surface area contributed by atoms with Gasteiger partial charge in [-0.05, 0) is 53.1 Å².